The van der Waals surface area contributed by atoms with E-state index in [1.54, 1.807) is 0 Å². The molecule has 0 aromatic rings. The molecule has 0 saturated heterocycles. The predicted molar refractivity (Wildman–Crippen MR) is 381 cm³/mol. The molecule has 17 nitrogen and oxygen atoms in total. The lowest BCUT2D eigenvalue weighted by Gasteiger charge is -2.21. The molecular formula is C75H140O17P2. The van der Waals surface area contributed by atoms with Crippen LogP contribution in [0.2, 0.25) is 0 Å². The van der Waals surface area contributed by atoms with Gasteiger partial charge >= 0.3 is 39.5 Å². The number of carbonyl (C=O) groups excluding carboxylic acids is 4. The Morgan fingerprint density at radius 3 is 0.830 bits per heavy atom. The van der Waals surface area contributed by atoms with Crippen molar-refractivity contribution in [1.82, 2.24) is 0 Å². The lowest BCUT2D eigenvalue weighted by molar-refractivity contribution is -0.161. The molecule has 0 rings (SSSR count). The number of allylic oxidation sites excluding steroid dienone is 6. The molecule has 5 atom stereocenters. The second-order valence-electron chi connectivity index (χ2n) is 26.0. The Morgan fingerprint density at radius 2 is 0.521 bits per heavy atom. The molecule has 0 heterocycles. The summed E-state index contributed by atoms with van der Waals surface area (Å²) in [5, 5.41) is 10.6. The Hall–Kier alpha value is -2.72. The topological polar surface area (TPSA) is 237 Å². The fourth-order valence-electron chi connectivity index (χ4n) is 10.7. The predicted octanol–water partition coefficient (Wildman–Crippen LogP) is 21.6. The molecule has 0 saturated carbocycles. The van der Waals surface area contributed by atoms with E-state index in [0.717, 1.165) is 128 Å². The van der Waals surface area contributed by atoms with Gasteiger partial charge in [-0.25, -0.2) is 9.13 Å². The molecule has 0 aromatic carbocycles. The Labute approximate surface area is 573 Å². The van der Waals surface area contributed by atoms with Crippen LogP contribution in [0.4, 0.5) is 0 Å². The molecule has 0 aromatic heterocycles. The van der Waals surface area contributed by atoms with Gasteiger partial charge in [-0.15, -0.1) is 0 Å². The summed E-state index contributed by atoms with van der Waals surface area (Å²) in [7, 11) is -9.93. The fraction of sp³-hybridized carbons (Fsp3) is 0.867. The van der Waals surface area contributed by atoms with E-state index in [2.05, 4.69) is 64.2 Å². The average Bonchev–Trinajstić information content (AvgIpc) is 2.26. The number of esters is 4. The molecule has 0 radical (unpaired) electrons. The molecule has 0 aliphatic carbocycles. The standard InChI is InChI=1S/C75H140O17P2/c1-5-9-13-17-21-25-29-33-34-38-42-46-50-54-58-62-75(80)92-71(66-86-73(78)60-56-52-48-44-40-36-31-27-23-19-15-11-7-3)68-90-94(83,84)88-64-69(76)63-87-93(81,82)89-67-70(91-74(79)61-57-53-49-45-41-37-32-28-24-20-16-12-8-4)65-85-72(77)59-55-51-47-43-39-35-30-26-22-18-14-10-6-2/h21,25-26,30,33-34,69-71,76H,5-20,22-24,27-29,31-32,35-68H2,1-4H3,(H,81,82)(H,83,84)/b25-21-,30-26-,34-33-/t69-,70-,71-/m1/s1. The number of carbonyl (C=O) groups is 4. The first-order valence-corrected chi connectivity index (χ1v) is 41.2. The first kappa shape index (κ1) is 91.3. The molecule has 2 unspecified atom stereocenters. The molecule has 552 valence electrons. The van der Waals surface area contributed by atoms with Gasteiger partial charge < -0.3 is 33.8 Å². The third-order valence-electron chi connectivity index (χ3n) is 16.6. The Bertz CT molecular complexity index is 1930. The first-order chi connectivity index (χ1) is 45.7. The largest absolute Gasteiger partial charge is 0.472 e. The lowest BCUT2D eigenvalue weighted by atomic mass is 10.0. The van der Waals surface area contributed by atoms with Crippen LogP contribution in [0.25, 0.3) is 0 Å². The van der Waals surface area contributed by atoms with E-state index < -0.39 is 97.5 Å². The van der Waals surface area contributed by atoms with E-state index in [0.29, 0.717) is 25.7 Å². The van der Waals surface area contributed by atoms with Gasteiger partial charge in [0, 0.05) is 25.7 Å². The van der Waals surface area contributed by atoms with Gasteiger partial charge in [0.05, 0.1) is 26.4 Å². The van der Waals surface area contributed by atoms with Crippen LogP contribution < -0.4 is 0 Å². The number of hydrogen-bond donors (Lipinski definition) is 3. The highest BCUT2D eigenvalue weighted by molar-refractivity contribution is 7.47. The second kappa shape index (κ2) is 68.8. The van der Waals surface area contributed by atoms with Crippen LogP contribution in [-0.4, -0.2) is 96.7 Å². The van der Waals surface area contributed by atoms with E-state index in [-0.39, 0.29) is 25.7 Å². The minimum absolute atomic E-state index is 0.0861. The molecule has 0 aliphatic heterocycles. The summed E-state index contributed by atoms with van der Waals surface area (Å²) < 4.78 is 68.4. The SMILES string of the molecule is CCCCC/C=C\C/C=C\CCCCCCCC(=O)O[C@H](COC(=O)CCCCCCCCCCCCCCC)COP(=O)(O)OC[C@H](O)COP(=O)(O)OC[C@@H](COC(=O)CCCCCCC/C=C\CCCCCC)OC(=O)CCCCCCCCCCCCCCC. The maximum atomic E-state index is 13.1. The van der Waals surface area contributed by atoms with Crippen LogP contribution in [0.3, 0.4) is 0 Å². The van der Waals surface area contributed by atoms with Crippen LogP contribution in [0.5, 0.6) is 0 Å². The highest BCUT2D eigenvalue weighted by atomic mass is 31.2. The zero-order chi connectivity index (χ0) is 69.0. The van der Waals surface area contributed by atoms with Gasteiger partial charge in [0.2, 0.25) is 0 Å². The molecule has 3 N–H and O–H groups in total. The van der Waals surface area contributed by atoms with Gasteiger partial charge in [0.25, 0.3) is 0 Å². The summed E-state index contributed by atoms with van der Waals surface area (Å²) in [5.74, 6) is -2.16. The van der Waals surface area contributed by atoms with E-state index in [9.17, 15) is 43.2 Å². The van der Waals surface area contributed by atoms with Gasteiger partial charge in [-0.3, -0.25) is 37.3 Å². The monoisotopic (exact) mass is 1370 g/mol. The zero-order valence-electron chi connectivity index (χ0n) is 60.2. The van der Waals surface area contributed by atoms with Crippen LogP contribution >= 0.6 is 15.6 Å². The number of aliphatic hydroxyl groups is 1. The van der Waals surface area contributed by atoms with Crippen LogP contribution in [0, 0.1) is 0 Å². The number of ether oxygens (including phenoxy) is 4. The van der Waals surface area contributed by atoms with Crippen LogP contribution in [0.15, 0.2) is 36.5 Å². The lowest BCUT2D eigenvalue weighted by Crippen LogP contribution is -2.30. The molecule has 0 bridgehead atoms. The number of aliphatic hydroxyl groups excluding tert-OH is 1. The normalized spacial score (nSPS) is 14.2. The fourth-order valence-corrected chi connectivity index (χ4v) is 12.3. The van der Waals surface area contributed by atoms with Gasteiger partial charge in [0.1, 0.15) is 19.3 Å². The molecule has 94 heavy (non-hydrogen) atoms. The highest BCUT2D eigenvalue weighted by Crippen LogP contribution is 2.45. The number of phosphoric ester groups is 2. The molecule has 0 amide bonds. The maximum Gasteiger partial charge on any atom is 0.472 e. The van der Waals surface area contributed by atoms with Crippen LogP contribution in [-0.2, 0) is 65.4 Å². The third-order valence-corrected chi connectivity index (χ3v) is 18.5. The summed E-state index contributed by atoms with van der Waals surface area (Å²) in [6, 6.07) is 0. The quantitative estimate of drug-likeness (QED) is 0.0169. The molecule has 0 spiro atoms. The smallest absolute Gasteiger partial charge is 0.462 e. The van der Waals surface area contributed by atoms with Crippen molar-refractivity contribution in [2.75, 3.05) is 39.6 Å². The molecular weight excluding hydrogens is 1230 g/mol. The maximum absolute atomic E-state index is 13.1. The number of phosphoric acid groups is 2. The van der Waals surface area contributed by atoms with Crippen molar-refractivity contribution in [3.63, 3.8) is 0 Å². The van der Waals surface area contributed by atoms with E-state index >= 15 is 0 Å². The number of rotatable bonds is 73. The van der Waals surface area contributed by atoms with Crippen LogP contribution in [0.1, 0.15) is 362 Å². The highest BCUT2D eigenvalue weighted by Gasteiger charge is 2.30. The van der Waals surface area contributed by atoms with E-state index in [1.807, 2.05) is 0 Å². The van der Waals surface area contributed by atoms with Gasteiger partial charge in [-0.2, -0.15) is 0 Å². The molecule has 0 fully saturated rings. The summed E-state index contributed by atoms with van der Waals surface area (Å²) in [6.07, 6.45) is 62.7. The van der Waals surface area contributed by atoms with E-state index in [1.165, 1.54) is 154 Å². The van der Waals surface area contributed by atoms with Crippen molar-refractivity contribution >= 4 is 39.5 Å². The summed E-state index contributed by atoms with van der Waals surface area (Å²) in [4.78, 5) is 72.7. The number of unbranched alkanes of at least 4 members (excludes halogenated alkanes) is 41. The van der Waals surface area contributed by atoms with Crippen molar-refractivity contribution in [1.29, 1.82) is 0 Å². The molecule has 0 aliphatic rings. The van der Waals surface area contributed by atoms with Crippen molar-refractivity contribution in [2.45, 2.75) is 380 Å². The second-order valence-corrected chi connectivity index (χ2v) is 28.9. The van der Waals surface area contributed by atoms with E-state index in [4.69, 9.17) is 37.0 Å². The van der Waals surface area contributed by atoms with Gasteiger partial charge in [0.15, 0.2) is 12.2 Å². The van der Waals surface area contributed by atoms with Crippen molar-refractivity contribution in [3.8, 4) is 0 Å². The first-order valence-electron chi connectivity index (χ1n) is 38.2. The van der Waals surface area contributed by atoms with Gasteiger partial charge in [-0.05, 0) is 83.5 Å². The summed E-state index contributed by atoms with van der Waals surface area (Å²) in [6.45, 7) is 4.88. The van der Waals surface area contributed by atoms with Crippen molar-refractivity contribution < 1.29 is 80.2 Å². The molecule has 19 heteroatoms. The Morgan fingerprint density at radius 1 is 0.298 bits per heavy atom. The third kappa shape index (κ3) is 67.8. The van der Waals surface area contributed by atoms with Gasteiger partial charge in [-0.1, -0.05) is 289 Å². The zero-order valence-corrected chi connectivity index (χ0v) is 61.9. The average molecular weight is 1380 g/mol. The Kier molecular flexibility index (Phi) is 66.8. The summed E-state index contributed by atoms with van der Waals surface area (Å²) >= 11 is 0. The minimum Gasteiger partial charge on any atom is -0.462 e. The minimum atomic E-state index is -4.96. The van der Waals surface area contributed by atoms with Crippen molar-refractivity contribution in [2.24, 2.45) is 0 Å². The number of hydrogen-bond acceptors (Lipinski definition) is 15. The Balaban J connectivity index is 5.31. The van der Waals surface area contributed by atoms with Crippen molar-refractivity contribution in [3.05, 3.63) is 36.5 Å². The summed E-state index contributed by atoms with van der Waals surface area (Å²) in [5.41, 5.74) is 0.